The molecule has 0 aromatic heterocycles. The van der Waals surface area contributed by atoms with Gasteiger partial charge in [0.05, 0.1) is 19.9 Å². The zero-order chi connectivity index (χ0) is 23.6. The molecule has 30 heavy (non-hydrogen) atoms. The molecule has 0 atom stereocenters. The second-order valence-corrected chi connectivity index (χ2v) is 6.05. The van der Waals surface area contributed by atoms with Gasteiger partial charge in [-0.25, -0.2) is 4.39 Å². The van der Waals surface area contributed by atoms with Crippen LogP contribution in [0.25, 0.3) is 0 Å². The highest BCUT2D eigenvalue weighted by Gasteiger charge is 3.02. The summed E-state index contributed by atoms with van der Waals surface area (Å²) in [5.41, 5.74) is -7.75. The minimum Gasteiger partial charge on any atom is -0.497 e. The molecule has 1 aliphatic rings. The summed E-state index contributed by atoms with van der Waals surface area (Å²) in [5.74, 6) is -40.9. The van der Waals surface area contributed by atoms with Gasteiger partial charge in [0.2, 0.25) is 0 Å². The first-order chi connectivity index (χ1) is 13.4. The van der Waals surface area contributed by atoms with Crippen LogP contribution in [0.4, 0.5) is 54.0 Å². The lowest BCUT2D eigenvalue weighted by Crippen LogP contribution is -2.86. The molecule has 1 amide bonds. The van der Waals surface area contributed by atoms with Crippen LogP contribution in [0.5, 0.6) is 11.5 Å². The van der Waals surface area contributed by atoms with Gasteiger partial charge in [-0.1, -0.05) is 0 Å². The van der Waals surface area contributed by atoms with Crippen molar-refractivity contribution >= 4 is 11.6 Å². The van der Waals surface area contributed by atoms with E-state index in [2.05, 4.69) is 9.47 Å². The average Bonchev–Trinajstić information content (AvgIpc) is 2.65. The second-order valence-electron chi connectivity index (χ2n) is 6.05. The predicted octanol–water partition coefficient (Wildman–Crippen LogP) is 4.54. The Bertz CT molecular complexity index is 826. The maximum Gasteiger partial charge on any atom is 0.384 e. The van der Waals surface area contributed by atoms with Crippen molar-refractivity contribution in [2.75, 3.05) is 19.5 Å². The van der Waals surface area contributed by atoms with Gasteiger partial charge in [-0.05, 0) is 12.1 Å². The number of carbonyl (C=O) groups is 1. The lowest BCUT2D eigenvalue weighted by atomic mass is 9.71. The maximum atomic E-state index is 14.7. The number of hydrogen-bond acceptors (Lipinski definition) is 3. The molecule has 1 fully saturated rings. The number of anilines is 1. The largest absolute Gasteiger partial charge is 0.497 e. The summed E-state index contributed by atoms with van der Waals surface area (Å²) in [4.78, 5) is 11.9. The van der Waals surface area contributed by atoms with Crippen LogP contribution in [0.2, 0.25) is 0 Å². The minimum atomic E-state index is -7.41. The standard InChI is InChI=1S/C15H10F11NO3/c1-29-6-3-4-8(30-2)7(5-6)27-9(28)10(16)11(17,18)13(21,22)15(25,26)14(23,24)12(10,19)20/h3-5H,1-2H3,(H,27,28). The van der Waals surface area contributed by atoms with Crippen molar-refractivity contribution in [1.82, 2.24) is 0 Å². The first-order valence-corrected chi connectivity index (χ1v) is 7.50. The molecule has 1 saturated carbocycles. The lowest BCUT2D eigenvalue weighted by molar-refractivity contribution is -0.475. The normalized spacial score (nSPS) is 24.6. The summed E-state index contributed by atoms with van der Waals surface area (Å²) in [6, 6.07) is 2.66. The SMILES string of the molecule is COc1ccc(OC)c(NC(=O)C2(F)C(F)(F)C(F)(F)C(F)(F)C(F)(F)C2(F)F)c1. The number of amides is 1. The highest BCUT2D eigenvalue weighted by Crippen LogP contribution is 2.69. The Morgan fingerprint density at radius 3 is 1.57 bits per heavy atom. The van der Waals surface area contributed by atoms with Gasteiger partial charge in [0, 0.05) is 6.07 Å². The second kappa shape index (κ2) is 6.51. The summed E-state index contributed by atoms with van der Waals surface area (Å²) >= 11 is 0. The van der Waals surface area contributed by atoms with E-state index in [1.54, 1.807) is 0 Å². The number of halogens is 11. The van der Waals surface area contributed by atoms with E-state index >= 15 is 0 Å². The van der Waals surface area contributed by atoms with E-state index in [0.717, 1.165) is 31.7 Å². The molecule has 1 N–H and O–H groups in total. The average molecular weight is 461 g/mol. The topological polar surface area (TPSA) is 47.6 Å². The zero-order valence-corrected chi connectivity index (χ0v) is 14.6. The Hall–Kier alpha value is -2.48. The molecule has 2 rings (SSSR count). The number of nitrogens with one attached hydrogen (secondary N) is 1. The van der Waals surface area contributed by atoms with Crippen molar-refractivity contribution < 1.29 is 62.6 Å². The lowest BCUT2D eigenvalue weighted by Gasteiger charge is -2.51. The number of benzene rings is 1. The smallest absolute Gasteiger partial charge is 0.384 e. The van der Waals surface area contributed by atoms with E-state index in [9.17, 15) is 53.1 Å². The van der Waals surface area contributed by atoms with Gasteiger partial charge in [0.1, 0.15) is 11.5 Å². The molecule has 1 aromatic carbocycles. The third-order valence-electron chi connectivity index (χ3n) is 4.41. The van der Waals surface area contributed by atoms with Crippen LogP contribution in [-0.4, -0.2) is 55.4 Å². The monoisotopic (exact) mass is 461 g/mol. The highest BCUT2D eigenvalue weighted by atomic mass is 19.4. The Kier molecular flexibility index (Phi) is 5.16. The molecule has 1 aliphatic carbocycles. The van der Waals surface area contributed by atoms with Crippen LogP contribution in [0.1, 0.15) is 0 Å². The van der Waals surface area contributed by atoms with Crippen molar-refractivity contribution in [2.45, 2.75) is 35.3 Å². The maximum absolute atomic E-state index is 14.7. The number of methoxy groups -OCH3 is 2. The fourth-order valence-corrected chi connectivity index (χ4v) is 2.63. The van der Waals surface area contributed by atoms with E-state index in [1.807, 2.05) is 0 Å². The molecule has 15 heteroatoms. The molecule has 0 saturated heterocycles. The van der Waals surface area contributed by atoms with Crippen molar-refractivity contribution in [2.24, 2.45) is 0 Å². The Labute approximate surface area is 159 Å². The summed E-state index contributed by atoms with van der Waals surface area (Å²) in [5, 5.41) is 0.970. The van der Waals surface area contributed by atoms with Crippen molar-refractivity contribution in [3.8, 4) is 11.5 Å². The fourth-order valence-electron chi connectivity index (χ4n) is 2.63. The summed E-state index contributed by atoms with van der Waals surface area (Å²) < 4.78 is 160. The van der Waals surface area contributed by atoms with Crippen LogP contribution < -0.4 is 14.8 Å². The van der Waals surface area contributed by atoms with Crippen LogP contribution in [0, 0.1) is 0 Å². The number of rotatable bonds is 4. The number of carbonyl (C=O) groups excluding carboxylic acids is 1. The molecule has 1 aromatic rings. The number of ether oxygens (including phenoxy) is 2. The molecule has 0 heterocycles. The molecule has 170 valence electrons. The molecule has 0 radical (unpaired) electrons. The van der Waals surface area contributed by atoms with Gasteiger partial charge in [-0.2, -0.15) is 43.9 Å². The van der Waals surface area contributed by atoms with Crippen molar-refractivity contribution in [1.29, 1.82) is 0 Å². The van der Waals surface area contributed by atoms with Gasteiger partial charge in [0.15, 0.2) is 0 Å². The van der Waals surface area contributed by atoms with E-state index < -0.39 is 52.6 Å². The number of alkyl halides is 11. The van der Waals surface area contributed by atoms with Gasteiger partial charge in [-0.3, -0.25) is 4.79 Å². The molecule has 0 spiro atoms. The van der Waals surface area contributed by atoms with E-state index in [1.165, 1.54) is 0 Å². The Morgan fingerprint density at radius 2 is 1.17 bits per heavy atom. The molecule has 0 aliphatic heterocycles. The molecule has 0 unspecified atom stereocenters. The highest BCUT2D eigenvalue weighted by molar-refractivity contribution is 6.01. The first kappa shape index (κ1) is 23.8. The van der Waals surface area contributed by atoms with Crippen molar-refractivity contribution in [3.05, 3.63) is 18.2 Å². The minimum absolute atomic E-state index is 0.233. The summed E-state index contributed by atoms with van der Waals surface area (Å²) in [6.07, 6.45) is 0. The van der Waals surface area contributed by atoms with Gasteiger partial charge in [0.25, 0.3) is 5.91 Å². The van der Waals surface area contributed by atoms with Crippen molar-refractivity contribution in [3.63, 3.8) is 0 Å². The Morgan fingerprint density at radius 1 is 0.733 bits per heavy atom. The summed E-state index contributed by atoms with van der Waals surface area (Å²) in [6.45, 7) is 0. The fraction of sp³-hybridized carbons (Fsp3) is 0.533. The van der Waals surface area contributed by atoms with Crippen LogP contribution >= 0.6 is 0 Å². The molecule has 4 nitrogen and oxygen atoms in total. The predicted molar refractivity (Wildman–Crippen MR) is 76.7 cm³/mol. The first-order valence-electron chi connectivity index (χ1n) is 7.50. The number of hydrogen-bond donors (Lipinski definition) is 1. The molecular weight excluding hydrogens is 451 g/mol. The van der Waals surface area contributed by atoms with E-state index in [4.69, 9.17) is 0 Å². The van der Waals surface area contributed by atoms with Crippen LogP contribution in [0.3, 0.4) is 0 Å². The van der Waals surface area contributed by atoms with E-state index in [-0.39, 0.29) is 5.75 Å². The van der Waals surface area contributed by atoms with Gasteiger partial charge < -0.3 is 14.8 Å². The third-order valence-corrected chi connectivity index (χ3v) is 4.41. The Balaban J connectivity index is 2.70. The van der Waals surface area contributed by atoms with Crippen LogP contribution in [-0.2, 0) is 4.79 Å². The quantitative estimate of drug-likeness (QED) is 0.671. The molecule has 0 bridgehead atoms. The molecular formula is C15H10F11NO3. The zero-order valence-electron chi connectivity index (χ0n) is 14.6. The summed E-state index contributed by atoms with van der Waals surface area (Å²) in [7, 11) is 1.91. The van der Waals surface area contributed by atoms with Gasteiger partial charge in [-0.15, -0.1) is 0 Å². The van der Waals surface area contributed by atoms with E-state index in [0.29, 0.717) is 6.07 Å². The van der Waals surface area contributed by atoms with Gasteiger partial charge >= 0.3 is 35.3 Å². The third kappa shape index (κ3) is 2.49. The van der Waals surface area contributed by atoms with Crippen LogP contribution in [0.15, 0.2) is 18.2 Å².